The predicted molar refractivity (Wildman–Crippen MR) is 127 cm³/mol. The first kappa shape index (κ1) is 21.2. The zero-order valence-corrected chi connectivity index (χ0v) is 20.4. The predicted octanol–water partition coefficient (Wildman–Crippen LogP) is 5.78. The highest BCUT2D eigenvalue weighted by molar-refractivity contribution is 5.82. The zero-order chi connectivity index (χ0) is 21.9. The van der Waals surface area contributed by atoms with Crippen molar-refractivity contribution in [2.45, 2.75) is 122 Å². The third-order valence-corrected chi connectivity index (χ3v) is 9.96. The van der Waals surface area contributed by atoms with E-state index in [9.17, 15) is 4.79 Å². The third-order valence-electron chi connectivity index (χ3n) is 9.96. The molecule has 1 aromatic heterocycles. The maximum Gasteiger partial charge on any atom is 0.226 e. The van der Waals surface area contributed by atoms with Gasteiger partial charge in [0.25, 0.3) is 0 Å². The van der Waals surface area contributed by atoms with Crippen LogP contribution in [0.25, 0.3) is 0 Å². The number of hydrogen-bond donors (Lipinski definition) is 1. The Kier molecular flexibility index (Phi) is 5.42. The number of aromatic nitrogens is 2. The molecule has 1 N–H and O–H groups in total. The van der Waals surface area contributed by atoms with Gasteiger partial charge in [-0.1, -0.05) is 33.1 Å². The second kappa shape index (κ2) is 8.17. The van der Waals surface area contributed by atoms with Gasteiger partial charge in [0.15, 0.2) is 0 Å². The molecule has 0 atom stereocenters. The number of amides is 1. The van der Waals surface area contributed by atoms with E-state index < -0.39 is 5.41 Å². The van der Waals surface area contributed by atoms with Crippen LogP contribution < -0.4 is 5.32 Å². The molecule has 0 spiro atoms. The minimum Gasteiger partial charge on any atom is -0.352 e. The minimum absolute atomic E-state index is 0.270. The van der Waals surface area contributed by atoms with Crippen molar-refractivity contribution in [1.82, 2.24) is 15.1 Å². The summed E-state index contributed by atoms with van der Waals surface area (Å²) in [5, 5.41) is 8.84. The topological polar surface area (TPSA) is 46.9 Å². The van der Waals surface area contributed by atoms with Crippen LogP contribution in [0.4, 0.5) is 0 Å². The van der Waals surface area contributed by atoms with Gasteiger partial charge in [-0.25, -0.2) is 0 Å². The fourth-order valence-corrected chi connectivity index (χ4v) is 8.48. The molecule has 6 aliphatic rings. The Morgan fingerprint density at radius 2 is 1.59 bits per heavy atom. The number of nitrogens with one attached hydrogen (secondary N) is 1. The molecule has 0 unspecified atom stereocenters. The molecule has 7 rings (SSSR count). The van der Waals surface area contributed by atoms with E-state index in [0.717, 1.165) is 36.5 Å². The molecule has 5 fully saturated rings. The van der Waals surface area contributed by atoms with Crippen molar-refractivity contribution < 1.29 is 4.79 Å². The van der Waals surface area contributed by atoms with Gasteiger partial charge in [-0.05, 0) is 99.9 Å². The first-order valence-corrected chi connectivity index (χ1v) is 13.9. The molecule has 4 nitrogen and oxygen atoms in total. The highest BCUT2D eigenvalue weighted by atomic mass is 16.2. The van der Waals surface area contributed by atoms with E-state index in [1.807, 2.05) is 0 Å². The lowest BCUT2D eigenvalue weighted by molar-refractivity contribution is -0.133. The van der Waals surface area contributed by atoms with Crippen molar-refractivity contribution in [2.24, 2.45) is 29.1 Å². The second-order valence-corrected chi connectivity index (χ2v) is 12.8. The van der Waals surface area contributed by atoms with Crippen LogP contribution in [0.3, 0.4) is 0 Å². The Bertz CT molecular complexity index is 834. The number of carbonyl (C=O) groups excluding carboxylic acids is 1. The molecule has 1 heterocycles. The molecular formula is C28H43N3O. The van der Waals surface area contributed by atoms with Gasteiger partial charge in [-0.2, -0.15) is 5.10 Å². The Balaban J connectivity index is 1.19. The number of carbonyl (C=O) groups is 1. The lowest BCUT2D eigenvalue weighted by atomic mass is 9.54. The summed E-state index contributed by atoms with van der Waals surface area (Å²) in [5.41, 5.74) is 3.84. The maximum atomic E-state index is 13.6. The number of nitrogens with zero attached hydrogens (tertiary/aromatic N) is 2. The highest BCUT2D eigenvalue weighted by Crippen LogP contribution is 2.53. The van der Waals surface area contributed by atoms with Crippen molar-refractivity contribution in [3.8, 4) is 0 Å². The van der Waals surface area contributed by atoms with Crippen LogP contribution in [0.5, 0.6) is 0 Å². The number of rotatable bonds is 5. The molecule has 6 aliphatic carbocycles. The molecule has 0 saturated heterocycles. The summed E-state index contributed by atoms with van der Waals surface area (Å²) in [5.74, 6) is 3.66. The van der Waals surface area contributed by atoms with Gasteiger partial charge in [0, 0.05) is 23.6 Å². The lowest BCUT2D eigenvalue weighted by Crippen LogP contribution is -2.57. The molecule has 176 valence electrons. The zero-order valence-electron chi connectivity index (χ0n) is 20.4. The molecule has 0 aliphatic heterocycles. The number of hydrogen-bond acceptors (Lipinski definition) is 2. The molecule has 0 radical (unpaired) electrons. The summed E-state index contributed by atoms with van der Waals surface area (Å²) < 4.78 is 2.43. The molecular weight excluding hydrogens is 394 g/mol. The normalized spacial score (nSPS) is 34.5. The summed E-state index contributed by atoms with van der Waals surface area (Å²) in [6.45, 7) is 4.32. The highest BCUT2D eigenvalue weighted by Gasteiger charge is 2.49. The summed E-state index contributed by atoms with van der Waals surface area (Å²) in [4.78, 5) is 13.6. The van der Waals surface area contributed by atoms with Gasteiger partial charge in [0.1, 0.15) is 0 Å². The van der Waals surface area contributed by atoms with Crippen molar-refractivity contribution >= 4 is 5.91 Å². The van der Waals surface area contributed by atoms with Crippen LogP contribution in [0, 0.1) is 29.1 Å². The van der Waals surface area contributed by atoms with Crippen LogP contribution in [0.15, 0.2) is 0 Å². The monoisotopic (exact) mass is 437 g/mol. The smallest absolute Gasteiger partial charge is 0.226 e. The molecule has 4 heteroatoms. The van der Waals surface area contributed by atoms with Crippen LogP contribution >= 0.6 is 0 Å². The van der Waals surface area contributed by atoms with E-state index in [4.69, 9.17) is 5.10 Å². The summed E-state index contributed by atoms with van der Waals surface area (Å²) in [7, 11) is 0. The van der Waals surface area contributed by atoms with Crippen molar-refractivity contribution in [3.05, 3.63) is 17.0 Å². The van der Waals surface area contributed by atoms with Gasteiger partial charge >= 0.3 is 0 Å². The van der Waals surface area contributed by atoms with E-state index in [1.165, 1.54) is 100 Å². The SMILES string of the molecule is CC(C)(Cc1nn(C2CCCCC2)c2c1CCCC2)C(=O)NC1C2CC3CC(C2)CC1C3. The van der Waals surface area contributed by atoms with Gasteiger partial charge in [-0.3, -0.25) is 9.48 Å². The molecule has 0 aromatic carbocycles. The first-order valence-electron chi connectivity index (χ1n) is 13.9. The van der Waals surface area contributed by atoms with Crippen molar-refractivity contribution in [1.29, 1.82) is 0 Å². The fourth-order valence-electron chi connectivity index (χ4n) is 8.48. The lowest BCUT2D eigenvalue weighted by Gasteiger charge is -2.54. The summed E-state index contributed by atoms with van der Waals surface area (Å²) in [6, 6.07) is 1.03. The Hall–Kier alpha value is -1.32. The van der Waals surface area contributed by atoms with Crippen LogP contribution in [0.2, 0.25) is 0 Å². The van der Waals surface area contributed by atoms with Gasteiger partial charge in [-0.15, -0.1) is 0 Å². The fraction of sp³-hybridized carbons (Fsp3) is 0.857. The van der Waals surface area contributed by atoms with Crippen LogP contribution in [-0.4, -0.2) is 21.7 Å². The van der Waals surface area contributed by atoms with E-state index in [-0.39, 0.29) is 5.91 Å². The van der Waals surface area contributed by atoms with Gasteiger partial charge < -0.3 is 5.32 Å². The van der Waals surface area contributed by atoms with E-state index >= 15 is 0 Å². The quantitative estimate of drug-likeness (QED) is 0.635. The van der Waals surface area contributed by atoms with Crippen LogP contribution in [-0.2, 0) is 24.1 Å². The van der Waals surface area contributed by atoms with Gasteiger partial charge in [0.2, 0.25) is 5.91 Å². The standard InChI is InChI=1S/C28H43N3O/c1-28(2,27(32)29-26-20-13-18-12-19(15-20)16-21(26)14-18)17-24-23-10-6-7-11-25(23)31(30-24)22-8-4-3-5-9-22/h18-22,26H,3-17H2,1-2H3,(H,29,32). The Morgan fingerprint density at radius 1 is 0.938 bits per heavy atom. The van der Waals surface area contributed by atoms with E-state index in [1.54, 1.807) is 0 Å². The average Bonchev–Trinajstić information content (AvgIpc) is 3.14. The van der Waals surface area contributed by atoms with Gasteiger partial charge in [0.05, 0.1) is 11.7 Å². The minimum atomic E-state index is -0.397. The van der Waals surface area contributed by atoms with E-state index in [0.29, 0.717) is 12.1 Å². The molecule has 32 heavy (non-hydrogen) atoms. The van der Waals surface area contributed by atoms with E-state index in [2.05, 4.69) is 23.8 Å². The summed E-state index contributed by atoms with van der Waals surface area (Å²) >= 11 is 0. The largest absolute Gasteiger partial charge is 0.352 e. The molecule has 1 aromatic rings. The first-order chi connectivity index (χ1) is 15.5. The molecule has 1 amide bonds. The van der Waals surface area contributed by atoms with Crippen molar-refractivity contribution in [2.75, 3.05) is 0 Å². The average molecular weight is 438 g/mol. The Morgan fingerprint density at radius 3 is 2.28 bits per heavy atom. The second-order valence-electron chi connectivity index (χ2n) is 12.8. The summed E-state index contributed by atoms with van der Waals surface area (Å²) in [6.07, 6.45) is 19.2. The molecule has 5 saturated carbocycles. The number of fused-ring (bicyclic) bond motifs is 1. The maximum absolute atomic E-state index is 13.6. The molecule has 4 bridgehead atoms. The van der Waals surface area contributed by atoms with Crippen LogP contribution in [0.1, 0.15) is 114 Å². The third kappa shape index (κ3) is 3.74. The van der Waals surface area contributed by atoms with Crippen molar-refractivity contribution in [3.63, 3.8) is 0 Å². The Labute approximate surface area is 194 Å².